The highest BCUT2D eigenvalue weighted by Crippen LogP contribution is 2.47. The van der Waals surface area contributed by atoms with Crippen LogP contribution in [0.3, 0.4) is 0 Å². The highest BCUT2D eigenvalue weighted by atomic mass is 19.3. The van der Waals surface area contributed by atoms with Crippen LogP contribution in [0.2, 0.25) is 0 Å². The summed E-state index contributed by atoms with van der Waals surface area (Å²) in [6.07, 6.45) is -3.64. The number of alkyl halides is 2. The first-order valence-corrected chi connectivity index (χ1v) is 10.4. The molecular formula is C23H19F7O5. The average Bonchev–Trinajstić information content (AvgIpc) is 2.78. The third-order valence-electron chi connectivity index (χ3n) is 5.70. The van der Waals surface area contributed by atoms with Gasteiger partial charge in [0.15, 0.2) is 17.4 Å². The van der Waals surface area contributed by atoms with Crippen LogP contribution < -0.4 is 9.47 Å². The minimum absolute atomic E-state index is 0.172. The lowest BCUT2D eigenvalue weighted by molar-refractivity contribution is -0.480. The molecule has 2 aromatic carbocycles. The Morgan fingerprint density at radius 2 is 1.46 bits per heavy atom. The summed E-state index contributed by atoms with van der Waals surface area (Å²) in [7, 11) is 0. The van der Waals surface area contributed by atoms with Gasteiger partial charge in [-0.1, -0.05) is 6.92 Å². The average molecular weight is 508 g/mol. The van der Waals surface area contributed by atoms with Crippen molar-refractivity contribution in [2.45, 2.75) is 32.4 Å². The van der Waals surface area contributed by atoms with Gasteiger partial charge in [-0.05, 0) is 25.5 Å². The standard InChI is InChI=1S/C23H19F7O5/c1-3-21-9-32-23(33-10-21,34-11-21)13-4-15(25)19(16(26)5-13)22(29,30)35-14-6-17(27)20(18(28)7-14)31-8-12(2)24/h4-8H,3,9-11H2,1-2H3/b12-8+. The predicted octanol–water partition coefficient (Wildman–Crippen LogP) is 6.16. The molecule has 0 aromatic heterocycles. The van der Waals surface area contributed by atoms with Crippen LogP contribution >= 0.6 is 0 Å². The number of ether oxygens (including phenoxy) is 5. The van der Waals surface area contributed by atoms with E-state index in [1.807, 2.05) is 6.92 Å². The van der Waals surface area contributed by atoms with Crippen molar-refractivity contribution in [2.75, 3.05) is 19.8 Å². The monoisotopic (exact) mass is 508 g/mol. The van der Waals surface area contributed by atoms with Gasteiger partial charge in [0.2, 0.25) is 0 Å². The van der Waals surface area contributed by atoms with Crippen molar-refractivity contribution in [3.63, 3.8) is 0 Å². The minimum Gasteiger partial charge on any atom is -0.456 e. The van der Waals surface area contributed by atoms with E-state index < -0.39 is 63.7 Å². The van der Waals surface area contributed by atoms with E-state index in [0.29, 0.717) is 24.8 Å². The van der Waals surface area contributed by atoms with Gasteiger partial charge in [-0.25, -0.2) is 22.0 Å². The molecule has 12 heteroatoms. The molecular weight excluding hydrogens is 489 g/mol. The molecule has 0 unspecified atom stereocenters. The topological polar surface area (TPSA) is 46.2 Å². The third-order valence-corrected chi connectivity index (χ3v) is 5.70. The summed E-state index contributed by atoms with van der Waals surface area (Å²) < 4.78 is 125. The maximum Gasteiger partial charge on any atom is 0.432 e. The summed E-state index contributed by atoms with van der Waals surface area (Å²) in [5.41, 5.74) is -2.55. The summed E-state index contributed by atoms with van der Waals surface area (Å²) in [5, 5.41) is 0. The van der Waals surface area contributed by atoms with Gasteiger partial charge in [0, 0.05) is 23.1 Å². The second kappa shape index (κ2) is 8.99. The van der Waals surface area contributed by atoms with E-state index in [9.17, 15) is 30.7 Å². The lowest BCUT2D eigenvalue weighted by Crippen LogP contribution is -2.58. The van der Waals surface area contributed by atoms with E-state index in [-0.39, 0.29) is 37.5 Å². The second-order valence-corrected chi connectivity index (χ2v) is 8.25. The molecule has 0 N–H and O–H groups in total. The summed E-state index contributed by atoms with van der Waals surface area (Å²) in [4.78, 5) is 0. The van der Waals surface area contributed by atoms with Crippen molar-refractivity contribution in [2.24, 2.45) is 5.41 Å². The Bertz CT molecular complexity index is 1090. The van der Waals surface area contributed by atoms with Crippen LogP contribution in [0.5, 0.6) is 11.5 Å². The van der Waals surface area contributed by atoms with Crippen LogP contribution in [0.1, 0.15) is 31.4 Å². The summed E-state index contributed by atoms with van der Waals surface area (Å²) in [6, 6.07) is 1.67. The zero-order valence-corrected chi connectivity index (χ0v) is 18.4. The van der Waals surface area contributed by atoms with E-state index in [1.54, 1.807) is 0 Å². The van der Waals surface area contributed by atoms with Crippen molar-refractivity contribution in [1.29, 1.82) is 0 Å². The zero-order valence-electron chi connectivity index (χ0n) is 18.4. The van der Waals surface area contributed by atoms with E-state index in [2.05, 4.69) is 9.47 Å². The molecule has 3 aliphatic heterocycles. The summed E-state index contributed by atoms with van der Waals surface area (Å²) in [5.74, 6) is -11.6. The molecule has 2 aromatic rings. The van der Waals surface area contributed by atoms with Gasteiger partial charge in [0.25, 0.3) is 0 Å². The molecule has 0 aliphatic carbocycles. The SMILES string of the molecule is CCC12COC(c3cc(F)c(C(F)(F)Oc4cc(F)c(O/C=C(\C)F)c(F)c4)c(F)c3)(OC1)OC2. The number of rotatable bonds is 7. The Labute approximate surface area is 195 Å². The molecule has 0 radical (unpaired) electrons. The first-order valence-electron chi connectivity index (χ1n) is 10.4. The Balaban J connectivity index is 1.60. The number of halogens is 7. The lowest BCUT2D eigenvalue weighted by Gasteiger charge is -2.51. The number of benzene rings is 2. The van der Waals surface area contributed by atoms with Crippen LogP contribution in [-0.4, -0.2) is 19.8 Å². The van der Waals surface area contributed by atoms with Crippen molar-refractivity contribution in [3.05, 3.63) is 70.8 Å². The maximum atomic E-state index is 14.7. The van der Waals surface area contributed by atoms with Gasteiger partial charge < -0.3 is 23.7 Å². The highest BCUT2D eigenvalue weighted by molar-refractivity contribution is 5.37. The van der Waals surface area contributed by atoms with Crippen LogP contribution in [0, 0.1) is 28.7 Å². The fourth-order valence-corrected chi connectivity index (χ4v) is 3.63. The number of hydrogen-bond donors (Lipinski definition) is 0. The van der Waals surface area contributed by atoms with E-state index >= 15 is 0 Å². The number of hydrogen-bond acceptors (Lipinski definition) is 5. The quantitative estimate of drug-likeness (QED) is 0.331. The van der Waals surface area contributed by atoms with Crippen LogP contribution in [-0.2, 0) is 26.3 Å². The number of fused-ring (bicyclic) bond motifs is 3. The molecule has 3 fully saturated rings. The molecule has 3 saturated heterocycles. The first kappa shape index (κ1) is 25.3. The summed E-state index contributed by atoms with van der Waals surface area (Å²) in [6.45, 7) is 3.35. The normalized spacial score (nSPS) is 24.5. The Morgan fingerprint density at radius 1 is 0.943 bits per heavy atom. The smallest absolute Gasteiger partial charge is 0.432 e. The Hall–Kier alpha value is -2.83. The molecule has 3 aliphatic rings. The first-order chi connectivity index (χ1) is 16.4. The fourth-order valence-electron chi connectivity index (χ4n) is 3.63. The van der Waals surface area contributed by atoms with Gasteiger partial charge in [0.1, 0.15) is 35.0 Å². The molecule has 190 valence electrons. The zero-order chi connectivity index (χ0) is 25.6. The summed E-state index contributed by atoms with van der Waals surface area (Å²) >= 11 is 0. The van der Waals surface area contributed by atoms with Crippen molar-refractivity contribution in [1.82, 2.24) is 0 Å². The molecule has 5 rings (SSSR count). The number of allylic oxidation sites excluding steroid dienone is 1. The van der Waals surface area contributed by atoms with Crippen LogP contribution in [0.15, 0.2) is 36.4 Å². The molecule has 35 heavy (non-hydrogen) atoms. The van der Waals surface area contributed by atoms with Crippen molar-refractivity contribution < 1.29 is 54.4 Å². The molecule has 0 spiro atoms. The molecule has 3 heterocycles. The van der Waals surface area contributed by atoms with Gasteiger partial charge in [0.05, 0.1) is 19.8 Å². The van der Waals surface area contributed by atoms with Crippen LogP contribution in [0.25, 0.3) is 0 Å². The van der Waals surface area contributed by atoms with Gasteiger partial charge >= 0.3 is 12.1 Å². The largest absolute Gasteiger partial charge is 0.456 e. The minimum atomic E-state index is -4.69. The molecule has 0 saturated carbocycles. The van der Waals surface area contributed by atoms with E-state index in [0.717, 1.165) is 6.92 Å². The molecule has 5 nitrogen and oxygen atoms in total. The second-order valence-electron chi connectivity index (χ2n) is 8.25. The maximum absolute atomic E-state index is 14.7. The molecule has 0 amide bonds. The van der Waals surface area contributed by atoms with E-state index in [4.69, 9.17) is 14.2 Å². The van der Waals surface area contributed by atoms with Gasteiger partial charge in [-0.15, -0.1) is 0 Å². The Morgan fingerprint density at radius 3 is 1.91 bits per heavy atom. The van der Waals surface area contributed by atoms with Crippen molar-refractivity contribution in [3.8, 4) is 11.5 Å². The highest BCUT2D eigenvalue weighted by Gasteiger charge is 2.54. The van der Waals surface area contributed by atoms with Gasteiger partial charge in [-0.2, -0.15) is 8.78 Å². The van der Waals surface area contributed by atoms with E-state index in [1.165, 1.54) is 0 Å². The molecule has 0 atom stereocenters. The lowest BCUT2D eigenvalue weighted by atomic mass is 9.85. The van der Waals surface area contributed by atoms with Crippen molar-refractivity contribution >= 4 is 0 Å². The van der Waals surface area contributed by atoms with Crippen LogP contribution in [0.4, 0.5) is 30.7 Å². The van der Waals surface area contributed by atoms with Gasteiger partial charge in [-0.3, -0.25) is 0 Å². The predicted molar refractivity (Wildman–Crippen MR) is 105 cm³/mol. The molecule has 2 bridgehead atoms. The third kappa shape index (κ3) is 4.69. The fraction of sp³-hybridized carbons (Fsp3) is 0.391. The Kier molecular flexibility index (Phi) is 6.49.